The predicted octanol–water partition coefficient (Wildman–Crippen LogP) is 3.72. The minimum absolute atomic E-state index is 0.657. The zero-order chi connectivity index (χ0) is 13.1. The summed E-state index contributed by atoms with van der Waals surface area (Å²) in [4.78, 5) is 5.52. The maximum atomic E-state index is 11.9. The summed E-state index contributed by atoms with van der Waals surface area (Å²) >= 11 is 0. The second-order valence-electron chi connectivity index (χ2n) is 4.59. The van der Waals surface area contributed by atoms with Gasteiger partial charge in [-0.2, -0.15) is 0 Å². The Bertz CT molecular complexity index is 543. The minimum Gasteiger partial charge on any atom is -0.258 e. The Morgan fingerprint density at radius 2 is 2.11 bits per heavy atom. The molecule has 1 aromatic rings. The Hall–Kier alpha value is -1.22. The summed E-state index contributed by atoms with van der Waals surface area (Å²) in [5, 5.41) is 0. The second kappa shape index (κ2) is 5.61. The van der Waals surface area contributed by atoms with Gasteiger partial charge in [0.2, 0.25) is 0 Å². The molecule has 1 atom stereocenters. The Balaban J connectivity index is 2.44. The Kier molecular flexibility index (Phi) is 4.12. The van der Waals surface area contributed by atoms with Gasteiger partial charge in [-0.15, -0.1) is 0 Å². The highest BCUT2D eigenvalue weighted by atomic mass is 32.2. The number of allylic oxidation sites excluding steroid dienone is 1. The third kappa shape index (κ3) is 2.78. The highest BCUT2D eigenvalue weighted by Gasteiger charge is 2.11. The van der Waals surface area contributed by atoms with E-state index in [1.807, 2.05) is 25.1 Å². The van der Waals surface area contributed by atoms with Crippen molar-refractivity contribution in [2.45, 2.75) is 38.5 Å². The molecule has 0 amide bonds. The molecule has 96 valence electrons. The zero-order valence-corrected chi connectivity index (χ0v) is 12.0. The summed E-state index contributed by atoms with van der Waals surface area (Å²) < 4.78 is 11.9. The molecule has 0 N–H and O–H groups in total. The average molecular weight is 261 g/mol. The van der Waals surface area contributed by atoms with E-state index in [1.165, 1.54) is 11.3 Å². The molecule has 1 heterocycles. The molecule has 0 spiro atoms. The average Bonchev–Trinajstić information content (AvgIpc) is 2.38. The first-order chi connectivity index (χ1) is 8.61. The van der Waals surface area contributed by atoms with Crippen molar-refractivity contribution < 1.29 is 4.21 Å². The summed E-state index contributed by atoms with van der Waals surface area (Å²) in [5.41, 5.74) is 4.52. The highest BCUT2D eigenvalue weighted by Crippen LogP contribution is 2.26. The lowest BCUT2D eigenvalue weighted by Crippen LogP contribution is -2.01. The number of aryl methyl sites for hydroxylation is 1. The summed E-state index contributed by atoms with van der Waals surface area (Å²) in [7, 11) is -0.898. The Morgan fingerprint density at radius 1 is 1.33 bits per heavy atom. The second-order valence-corrected chi connectivity index (χ2v) is 6.33. The van der Waals surface area contributed by atoms with E-state index in [2.05, 4.69) is 24.9 Å². The van der Waals surface area contributed by atoms with Crippen LogP contribution in [0.2, 0.25) is 0 Å². The lowest BCUT2D eigenvalue weighted by atomic mass is 10.0. The third-order valence-corrected chi connectivity index (χ3v) is 4.47. The summed E-state index contributed by atoms with van der Waals surface area (Å²) in [5.74, 6) is 0.657. The van der Waals surface area contributed by atoms with Crippen molar-refractivity contribution in [2.24, 2.45) is 4.99 Å². The Morgan fingerprint density at radius 3 is 2.78 bits per heavy atom. The van der Waals surface area contributed by atoms with Gasteiger partial charge in [0.1, 0.15) is 0 Å². The van der Waals surface area contributed by atoms with E-state index >= 15 is 0 Å². The number of aliphatic imine (C=N–C) groups is 1. The largest absolute Gasteiger partial charge is 0.258 e. The van der Waals surface area contributed by atoms with Gasteiger partial charge in [0.05, 0.1) is 16.5 Å². The normalized spacial score (nSPS) is 17.1. The fraction of sp³-hybridized carbons (Fsp3) is 0.400. The van der Waals surface area contributed by atoms with Gasteiger partial charge in [-0.05, 0) is 44.4 Å². The van der Waals surface area contributed by atoms with E-state index in [4.69, 9.17) is 0 Å². The predicted molar refractivity (Wildman–Crippen MR) is 78.4 cm³/mol. The lowest BCUT2D eigenvalue weighted by Gasteiger charge is -2.13. The van der Waals surface area contributed by atoms with E-state index in [1.54, 1.807) is 0 Å². The van der Waals surface area contributed by atoms with Crippen molar-refractivity contribution in [1.29, 1.82) is 0 Å². The van der Waals surface area contributed by atoms with Crippen LogP contribution in [0.15, 0.2) is 34.2 Å². The van der Waals surface area contributed by atoms with Crippen molar-refractivity contribution in [1.82, 2.24) is 0 Å². The molecule has 0 aromatic heterocycles. The quantitative estimate of drug-likeness (QED) is 0.815. The number of nitrogens with zero attached hydrogens (tertiary/aromatic N) is 1. The molecule has 2 rings (SSSR count). The van der Waals surface area contributed by atoms with Crippen LogP contribution in [0.25, 0.3) is 5.70 Å². The van der Waals surface area contributed by atoms with E-state index in [9.17, 15) is 4.21 Å². The van der Waals surface area contributed by atoms with E-state index < -0.39 is 10.8 Å². The molecule has 0 radical (unpaired) electrons. The van der Waals surface area contributed by atoms with Crippen LogP contribution in [0, 0.1) is 6.92 Å². The molecule has 1 aliphatic heterocycles. The zero-order valence-electron chi connectivity index (χ0n) is 11.2. The summed E-state index contributed by atoms with van der Waals surface area (Å²) in [6.45, 7) is 6.09. The standard InChI is InChI=1S/C15H19NOS/c1-4-18(17)13-9-8-11(2)14(10-13)15-7-5-6-12(3)16-15/h7-10H,4-6H2,1-3H3. The molecule has 0 bridgehead atoms. The Labute approximate surface area is 111 Å². The lowest BCUT2D eigenvalue weighted by molar-refractivity contribution is 0.684. The highest BCUT2D eigenvalue weighted by molar-refractivity contribution is 7.85. The number of hydrogen-bond donors (Lipinski definition) is 0. The SMILES string of the molecule is CCS(=O)c1ccc(C)c(C2=CCCC(C)=N2)c1. The smallest absolute Gasteiger partial charge is 0.0664 e. The molecule has 0 fully saturated rings. The van der Waals surface area contributed by atoms with Crippen LogP contribution >= 0.6 is 0 Å². The molecule has 1 aromatic carbocycles. The van der Waals surface area contributed by atoms with Crippen LogP contribution in [-0.4, -0.2) is 15.7 Å². The van der Waals surface area contributed by atoms with Crippen LogP contribution in [0.1, 0.15) is 37.8 Å². The molecular formula is C15H19NOS. The van der Waals surface area contributed by atoms with E-state index in [0.29, 0.717) is 5.75 Å². The maximum absolute atomic E-state index is 11.9. The molecule has 0 aliphatic carbocycles. The molecule has 2 nitrogen and oxygen atoms in total. The van der Waals surface area contributed by atoms with Gasteiger partial charge in [0, 0.05) is 21.9 Å². The molecule has 0 saturated carbocycles. The first-order valence-corrected chi connectivity index (χ1v) is 7.67. The first kappa shape index (κ1) is 13.2. The topological polar surface area (TPSA) is 29.4 Å². The van der Waals surface area contributed by atoms with Gasteiger partial charge in [0.25, 0.3) is 0 Å². The minimum atomic E-state index is -0.898. The van der Waals surface area contributed by atoms with Gasteiger partial charge in [-0.1, -0.05) is 19.1 Å². The summed E-state index contributed by atoms with van der Waals surface area (Å²) in [6, 6.07) is 6.03. The summed E-state index contributed by atoms with van der Waals surface area (Å²) in [6.07, 6.45) is 4.27. The fourth-order valence-electron chi connectivity index (χ4n) is 2.08. The molecule has 0 saturated heterocycles. The van der Waals surface area contributed by atoms with Crippen molar-refractivity contribution in [2.75, 3.05) is 5.75 Å². The maximum Gasteiger partial charge on any atom is 0.0664 e. The number of rotatable bonds is 3. The molecular weight excluding hydrogens is 242 g/mol. The van der Waals surface area contributed by atoms with E-state index in [-0.39, 0.29) is 0 Å². The number of hydrogen-bond acceptors (Lipinski definition) is 2. The van der Waals surface area contributed by atoms with Gasteiger partial charge in [-0.25, -0.2) is 0 Å². The van der Waals surface area contributed by atoms with Gasteiger partial charge < -0.3 is 0 Å². The number of benzene rings is 1. The van der Waals surface area contributed by atoms with Gasteiger partial charge in [-0.3, -0.25) is 9.20 Å². The molecule has 1 unspecified atom stereocenters. The third-order valence-electron chi connectivity index (χ3n) is 3.17. The molecule has 3 heteroatoms. The monoisotopic (exact) mass is 261 g/mol. The van der Waals surface area contributed by atoms with Crippen molar-refractivity contribution in [3.05, 3.63) is 35.4 Å². The van der Waals surface area contributed by atoms with Crippen LogP contribution in [0.5, 0.6) is 0 Å². The van der Waals surface area contributed by atoms with E-state index in [0.717, 1.165) is 29.0 Å². The van der Waals surface area contributed by atoms with Gasteiger partial charge in [0.15, 0.2) is 0 Å². The fourth-order valence-corrected chi connectivity index (χ4v) is 2.88. The van der Waals surface area contributed by atoms with Crippen LogP contribution in [-0.2, 0) is 10.8 Å². The van der Waals surface area contributed by atoms with Crippen LogP contribution < -0.4 is 0 Å². The van der Waals surface area contributed by atoms with Crippen molar-refractivity contribution >= 4 is 22.2 Å². The van der Waals surface area contributed by atoms with Gasteiger partial charge >= 0.3 is 0 Å². The molecule has 1 aliphatic rings. The van der Waals surface area contributed by atoms with Crippen molar-refractivity contribution in [3.8, 4) is 0 Å². The molecule has 18 heavy (non-hydrogen) atoms. The first-order valence-electron chi connectivity index (χ1n) is 6.35. The van der Waals surface area contributed by atoms with Crippen LogP contribution in [0.4, 0.5) is 0 Å². The van der Waals surface area contributed by atoms with Crippen LogP contribution in [0.3, 0.4) is 0 Å². The van der Waals surface area contributed by atoms with Crippen molar-refractivity contribution in [3.63, 3.8) is 0 Å².